The Morgan fingerprint density at radius 1 is 1.26 bits per heavy atom. The number of amides is 1. The molecule has 5 nitrogen and oxygen atoms in total. The normalized spacial score (nSPS) is 11.2. The van der Waals surface area contributed by atoms with Gasteiger partial charge in [0.05, 0.1) is 13.7 Å². The second-order valence-electron chi connectivity index (χ2n) is 5.25. The van der Waals surface area contributed by atoms with Crippen LogP contribution in [0.15, 0.2) is 18.2 Å². The average molecular weight is 266 g/mol. The lowest BCUT2D eigenvalue weighted by atomic mass is 10.1. The maximum atomic E-state index is 12.2. The van der Waals surface area contributed by atoms with E-state index in [-0.39, 0.29) is 11.4 Å². The Morgan fingerprint density at radius 2 is 1.95 bits per heavy atom. The molecule has 0 bridgehead atoms. The van der Waals surface area contributed by atoms with E-state index >= 15 is 0 Å². The molecule has 1 aromatic carbocycles. The van der Waals surface area contributed by atoms with Crippen molar-refractivity contribution in [3.05, 3.63) is 29.3 Å². The summed E-state index contributed by atoms with van der Waals surface area (Å²) >= 11 is 0. The molecule has 0 unspecified atom stereocenters. The van der Waals surface area contributed by atoms with Crippen molar-refractivity contribution in [2.24, 2.45) is 0 Å². The predicted molar refractivity (Wildman–Crippen MR) is 74.1 cm³/mol. The lowest BCUT2D eigenvalue weighted by molar-refractivity contribution is 0.0908. The Labute approximate surface area is 114 Å². The highest BCUT2D eigenvalue weighted by Gasteiger charge is 2.17. The predicted octanol–water partition coefficient (Wildman–Crippen LogP) is 1.87. The quantitative estimate of drug-likeness (QED) is 0.799. The first kappa shape index (κ1) is 15.5. The van der Waals surface area contributed by atoms with Crippen LogP contribution < -0.4 is 15.6 Å². The van der Waals surface area contributed by atoms with Crippen molar-refractivity contribution in [2.75, 3.05) is 14.2 Å². The lowest BCUT2D eigenvalue weighted by Gasteiger charge is -2.21. The minimum atomic E-state index is -0.208. The summed E-state index contributed by atoms with van der Waals surface area (Å²) in [6, 6.07) is 5.34. The topological polar surface area (TPSA) is 59.6 Å². The molecule has 0 radical (unpaired) electrons. The summed E-state index contributed by atoms with van der Waals surface area (Å²) in [5.74, 6) is 0.436. The third kappa shape index (κ3) is 4.54. The number of carbonyl (C=O) groups excluding carboxylic acids is 1. The summed E-state index contributed by atoms with van der Waals surface area (Å²) in [6.45, 7) is 6.22. The van der Waals surface area contributed by atoms with Crippen molar-refractivity contribution in [1.29, 1.82) is 0 Å². The molecule has 1 aromatic rings. The Morgan fingerprint density at radius 3 is 2.47 bits per heavy atom. The molecule has 0 atom stereocenters. The van der Waals surface area contributed by atoms with Gasteiger partial charge in [0.1, 0.15) is 5.75 Å². The van der Waals surface area contributed by atoms with Gasteiger partial charge in [-0.05, 0) is 32.9 Å². The first-order valence-electron chi connectivity index (χ1n) is 6.11. The SMILES string of the molecule is COCc1c(OC)cccc1C(=O)NNC(C)(C)C. The Bertz CT molecular complexity index is 439. The van der Waals surface area contributed by atoms with Gasteiger partial charge in [-0.3, -0.25) is 10.2 Å². The van der Waals surface area contributed by atoms with E-state index in [0.29, 0.717) is 17.9 Å². The second kappa shape index (κ2) is 6.54. The van der Waals surface area contributed by atoms with Gasteiger partial charge in [0.2, 0.25) is 0 Å². The van der Waals surface area contributed by atoms with Crippen LogP contribution in [0.5, 0.6) is 5.75 Å². The number of nitrogens with one attached hydrogen (secondary N) is 2. The molecule has 0 aliphatic heterocycles. The van der Waals surface area contributed by atoms with E-state index < -0.39 is 0 Å². The fourth-order valence-corrected chi connectivity index (χ4v) is 1.57. The van der Waals surface area contributed by atoms with Crippen LogP contribution in [0.1, 0.15) is 36.7 Å². The number of hydrazine groups is 1. The number of ether oxygens (including phenoxy) is 2. The molecule has 0 saturated carbocycles. The summed E-state index contributed by atoms with van der Waals surface area (Å²) < 4.78 is 10.4. The number of hydrogen-bond acceptors (Lipinski definition) is 4. The first-order valence-corrected chi connectivity index (χ1v) is 6.11. The molecule has 1 rings (SSSR count). The Kier molecular flexibility index (Phi) is 5.32. The van der Waals surface area contributed by atoms with Crippen molar-refractivity contribution >= 4 is 5.91 Å². The zero-order chi connectivity index (χ0) is 14.5. The summed E-state index contributed by atoms with van der Waals surface area (Å²) in [4.78, 5) is 12.2. The molecule has 0 heterocycles. The van der Waals surface area contributed by atoms with Crippen molar-refractivity contribution in [3.8, 4) is 5.75 Å². The highest BCUT2D eigenvalue weighted by molar-refractivity contribution is 5.96. The third-order valence-corrected chi connectivity index (χ3v) is 2.44. The largest absolute Gasteiger partial charge is 0.496 e. The van der Waals surface area contributed by atoms with Gasteiger partial charge in [0.25, 0.3) is 5.91 Å². The maximum Gasteiger partial charge on any atom is 0.265 e. The third-order valence-electron chi connectivity index (χ3n) is 2.44. The van der Waals surface area contributed by atoms with Gasteiger partial charge in [-0.15, -0.1) is 0 Å². The zero-order valence-electron chi connectivity index (χ0n) is 12.2. The summed E-state index contributed by atoms with van der Waals surface area (Å²) in [6.07, 6.45) is 0. The van der Waals surface area contributed by atoms with Gasteiger partial charge >= 0.3 is 0 Å². The van der Waals surface area contributed by atoms with Crippen molar-refractivity contribution < 1.29 is 14.3 Å². The molecular formula is C14H22N2O3. The fraction of sp³-hybridized carbons (Fsp3) is 0.500. The molecule has 19 heavy (non-hydrogen) atoms. The van der Waals surface area contributed by atoms with Crippen LogP contribution in [0.3, 0.4) is 0 Å². The number of hydrogen-bond donors (Lipinski definition) is 2. The highest BCUT2D eigenvalue weighted by Crippen LogP contribution is 2.23. The Balaban J connectivity index is 2.95. The molecule has 0 saturated heterocycles. The number of carbonyl (C=O) groups is 1. The molecule has 0 spiro atoms. The summed E-state index contributed by atoms with van der Waals surface area (Å²) in [5.41, 5.74) is 6.71. The van der Waals surface area contributed by atoms with Crippen LogP contribution in [0.2, 0.25) is 0 Å². The minimum Gasteiger partial charge on any atom is -0.496 e. The molecule has 106 valence electrons. The smallest absolute Gasteiger partial charge is 0.265 e. The van der Waals surface area contributed by atoms with E-state index in [9.17, 15) is 4.79 Å². The molecule has 0 aromatic heterocycles. The lowest BCUT2D eigenvalue weighted by Crippen LogP contribution is -2.48. The van der Waals surface area contributed by atoms with Crippen LogP contribution in [0.25, 0.3) is 0 Å². The monoisotopic (exact) mass is 266 g/mol. The van der Waals surface area contributed by atoms with Gasteiger partial charge < -0.3 is 9.47 Å². The van der Waals surface area contributed by atoms with Crippen molar-refractivity contribution in [3.63, 3.8) is 0 Å². The molecule has 0 aliphatic rings. The van der Waals surface area contributed by atoms with E-state index in [2.05, 4.69) is 10.9 Å². The molecular weight excluding hydrogens is 244 g/mol. The molecule has 0 aliphatic carbocycles. The van der Waals surface area contributed by atoms with E-state index in [1.165, 1.54) is 0 Å². The second-order valence-corrected chi connectivity index (χ2v) is 5.25. The number of benzene rings is 1. The van der Waals surface area contributed by atoms with Gasteiger partial charge in [-0.2, -0.15) is 0 Å². The minimum absolute atomic E-state index is 0.198. The van der Waals surface area contributed by atoms with Crippen LogP contribution in [0, 0.1) is 0 Å². The van der Waals surface area contributed by atoms with E-state index in [0.717, 1.165) is 5.56 Å². The van der Waals surface area contributed by atoms with Gasteiger partial charge in [-0.25, -0.2) is 5.43 Å². The fourth-order valence-electron chi connectivity index (χ4n) is 1.57. The van der Waals surface area contributed by atoms with Crippen molar-refractivity contribution in [1.82, 2.24) is 10.9 Å². The van der Waals surface area contributed by atoms with Gasteiger partial charge in [0, 0.05) is 23.8 Å². The maximum absolute atomic E-state index is 12.2. The van der Waals surface area contributed by atoms with Crippen LogP contribution in [-0.2, 0) is 11.3 Å². The van der Waals surface area contributed by atoms with E-state index in [4.69, 9.17) is 9.47 Å². The molecule has 5 heteroatoms. The van der Waals surface area contributed by atoms with Crippen LogP contribution >= 0.6 is 0 Å². The van der Waals surface area contributed by atoms with E-state index in [1.54, 1.807) is 26.4 Å². The first-order chi connectivity index (χ1) is 8.89. The van der Waals surface area contributed by atoms with Crippen LogP contribution in [-0.4, -0.2) is 25.7 Å². The highest BCUT2D eigenvalue weighted by atomic mass is 16.5. The summed E-state index contributed by atoms with van der Waals surface area (Å²) in [5, 5.41) is 0. The molecule has 0 fully saturated rings. The zero-order valence-corrected chi connectivity index (χ0v) is 12.2. The van der Waals surface area contributed by atoms with E-state index in [1.807, 2.05) is 26.8 Å². The number of rotatable bonds is 5. The standard InChI is InChI=1S/C14H22N2O3/c1-14(2,3)16-15-13(17)10-7-6-8-12(19-5)11(10)9-18-4/h6-8,16H,9H2,1-5H3,(H,15,17). The Hall–Kier alpha value is -1.59. The molecule has 2 N–H and O–H groups in total. The van der Waals surface area contributed by atoms with Gasteiger partial charge in [-0.1, -0.05) is 6.07 Å². The number of methoxy groups -OCH3 is 2. The molecule has 1 amide bonds. The van der Waals surface area contributed by atoms with Crippen LogP contribution in [0.4, 0.5) is 0 Å². The summed E-state index contributed by atoms with van der Waals surface area (Å²) in [7, 11) is 3.16. The average Bonchev–Trinajstić information content (AvgIpc) is 2.35. The van der Waals surface area contributed by atoms with Crippen molar-refractivity contribution in [2.45, 2.75) is 32.9 Å². The van der Waals surface area contributed by atoms with Gasteiger partial charge in [0.15, 0.2) is 0 Å².